The zero-order chi connectivity index (χ0) is 8.69. The minimum absolute atomic E-state index is 0. The Bertz CT molecular complexity index is 103. The van der Waals surface area contributed by atoms with Crippen LogP contribution in [0.3, 0.4) is 0 Å². The van der Waals surface area contributed by atoms with Crippen LogP contribution in [0.5, 0.6) is 0 Å². The standard InChI is InChI=1S/C6H11N2O.C2H6.Rb/c1-7-2-4-8(6-9)5-3-7;1-2;/h2-5H2,1H3;1-2H3;/q-1;;+1. The van der Waals surface area contributed by atoms with Gasteiger partial charge in [-0.2, -0.15) is 6.41 Å². The Labute approximate surface area is 124 Å². The molecule has 1 fully saturated rings. The van der Waals surface area contributed by atoms with Crippen molar-refractivity contribution in [1.82, 2.24) is 9.80 Å². The van der Waals surface area contributed by atoms with Gasteiger partial charge >= 0.3 is 58.2 Å². The van der Waals surface area contributed by atoms with Crippen LogP contribution in [0.1, 0.15) is 13.8 Å². The molecule has 1 rings (SSSR count). The summed E-state index contributed by atoms with van der Waals surface area (Å²) >= 11 is 0. The van der Waals surface area contributed by atoms with Gasteiger partial charge in [0.15, 0.2) is 0 Å². The molecule has 4 heteroatoms. The Kier molecular flexibility index (Phi) is 13.5. The molecule has 0 N–H and O–H groups in total. The average Bonchev–Trinajstić information content (AvgIpc) is 2.10. The Morgan fingerprint density at radius 1 is 1.08 bits per heavy atom. The summed E-state index contributed by atoms with van der Waals surface area (Å²) in [4.78, 5) is 13.9. The SMILES string of the molecule is CC.CN1CCN([C-]=O)CC1.[Rb+]. The number of hydrogen-bond donors (Lipinski definition) is 0. The summed E-state index contributed by atoms with van der Waals surface area (Å²) in [6.45, 7) is 7.63. The molecule has 1 amide bonds. The molecule has 0 aromatic heterocycles. The van der Waals surface area contributed by atoms with Gasteiger partial charge in [-0.15, -0.1) is 0 Å². The van der Waals surface area contributed by atoms with Gasteiger partial charge in [0.25, 0.3) is 0 Å². The maximum atomic E-state index is 10.0. The van der Waals surface area contributed by atoms with E-state index in [-0.39, 0.29) is 58.2 Å². The third kappa shape index (κ3) is 6.72. The molecule has 0 bridgehead atoms. The van der Waals surface area contributed by atoms with Gasteiger partial charge in [-0.05, 0) is 7.05 Å². The molecule has 1 saturated heterocycles. The Morgan fingerprint density at radius 3 is 1.83 bits per heavy atom. The monoisotopic (exact) mass is 242 g/mol. The fourth-order valence-electron chi connectivity index (χ4n) is 0.898. The molecule has 12 heavy (non-hydrogen) atoms. The van der Waals surface area contributed by atoms with E-state index in [9.17, 15) is 4.79 Å². The van der Waals surface area contributed by atoms with Gasteiger partial charge < -0.3 is 14.6 Å². The van der Waals surface area contributed by atoms with Crippen molar-refractivity contribution in [2.75, 3.05) is 33.2 Å². The predicted octanol–water partition coefficient (Wildman–Crippen LogP) is -2.67. The van der Waals surface area contributed by atoms with Crippen LogP contribution in [0.4, 0.5) is 0 Å². The van der Waals surface area contributed by atoms with Gasteiger partial charge in [0.05, 0.1) is 0 Å². The van der Waals surface area contributed by atoms with Crippen molar-refractivity contribution >= 4 is 6.41 Å². The van der Waals surface area contributed by atoms with Crippen LogP contribution >= 0.6 is 0 Å². The molecule has 1 heterocycles. The largest absolute Gasteiger partial charge is 1.00 e. The summed E-state index contributed by atoms with van der Waals surface area (Å²) in [6.07, 6.45) is 1.88. The first-order chi connectivity index (χ1) is 5.33. The van der Waals surface area contributed by atoms with Gasteiger partial charge in [-0.25, -0.2) is 0 Å². The first-order valence-corrected chi connectivity index (χ1v) is 4.14. The van der Waals surface area contributed by atoms with Crippen molar-refractivity contribution in [3.05, 3.63) is 0 Å². The molecule has 0 aromatic carbocycles. The molecule has 66 valence electrons. The summed E-state index contributed by atoms with van der Waals surface area (Å²) < 4.78 is 0. The number of rotatable bonds is 1. The molecule has 0 aliphatic carbocycles. The zero-order valence-electron chi connectivity index (χ0n) is 8.63. The van der Waals surface area contributed by atoms with E-state index in [2.05, 4.69) is 11.9 Å². The van der Waals surface area contributed by atoms with Gasteiger partial charge in [0.1, 0.15) is 0 Å². The second-order valence-corrected chi connectivity index (χ2v) is 2.38. The fourth-order valence-corrected chi connectivity index (χ4v) is 0.898. The normalized spacial score (nSPS) is 17.1. The predicted molar refractivity (Wildman–Crippen MR) is 46.1 cm³/mol. The van der Waals surface area contributed by atoms with Crippen molar-refractivity contribution in [3.63, 3.8) is 0 Å². The van der Waals surface area contributed by atoms with Crippen LogP contribution in [-0.2, 0) is 4.79 Å². The van der Waals surface area contributed by atoms with Crippen LogP contribution in [0.25, 0.3) is 0 Å². The third-order valence-electron chi connectivity index (χ3n) is 1.63. The summed E-state index contributed by atoms with van der Waals surface area (Å²) in [5.74, 6) is 0. The molecular weight excluding hydrogens is 226 g/mol. The van der Waals surface area contributed by atoms with E-state index in [0.717, 1.165) is 26.2 Å². The smallest absolute Gasteiger partial charge is 0.520 e. The third-order valence-corrected chi connectivity index (χ3v) is 1.63. The molecule has 1 aliphatic heterocycles. The van der Waals surface area contributed by atoms with Crippen molar-refractivity contribution in [2.24, 2.45) is 0 Å². The number of hydrogen-bond acceptors (Lipinski definition) is 2. The van der Waals surface area contributed by atoms with E-state index in [1.807, 2.05) is 20.3 Å². The van der Waals surface area contributed by atoms with Crippen LogP contribution in [0.15, 0.2) is 0 Å². The van der Waals surface area contributed by atoms with Gasteiger partial charge in [0.2, 0.25) is 0 Å². The fraction of sp³-hybridized carbons (Fsp3) is 0.875. The first-order valence-electron chi connectivity index (χ1n) is 4.14. The number of carbonyl (C=O) groups excluding carboxylic acids is 1. The average molecular weight is 243 g/mol. The van der Waals surface area contributed by atoms with E-state index < -0.39 is 0 Å². The zero-order valence-corrected chi connectivity index (χ0v) is 13.5. The molecule has 0 aromatic rings. The number of nitrogens with zero attached hydrogens (tertiary/aromatic N) is 2. The number of piperazine rings is 1. The quantitative estimate of drug-likeness (QED) is 0.469. The molecule has 0 unspecified atom stereocenters. The molecular formula is C8H17N2ORb. The molecule has 3 nitrogen and oxygen atoms in total. The summed E-state index contributed by atoms with van der Waals surface area (Å²) in [5, 5.41) is 0. The molecule has 0 spiro atoms. The van der Waals surface area contributed by atoms with E-state index in [1.54, 1.807) is 4.90 Å². The second kappa shape index (κ2) is 10.3. The second-order valence-electron chi connectivity index (χ2n) is 2.38. The van der Waals surface area contributed by atoms with E-state index in [0.29, 0.717) is 0 Å². The first kappa shape index (κ1) is 15.7. The molecule has 1 aliphatic rings. The molecule has 0 saturated carbocycles. The molecule has 0 radical (unpaired) electrons. The Morgan fingerprint density at radius 2 is 1.50 bits per heavy atom. The van der Waals surface area contributed by atoms with Crippen molar-refractivity contribution in [3.8, 4) is 0 Å². The van der Waals surface area contributed by atoms with E-state index >= 15 is 0 Å². The number of amides is 1. The number of likely N-dealkylation sites (N-methyl/N-ethyl adjacent to an activating group) is 1. The van der Waals surface area contributed by atoms with E-state index in [1.165, 1.54) is 0 Å². The summed E-state index contributed by atoms with van der Waals surface area (Å²) in [5.41, 5.74) is 0. The maximum Gasteiger partial charge on any atom is 1.00 e. The van der Waals surface area contributed by atoms with Crippen LogP contribution in [-0.4, -0.2) is 49.4 Å². The van der Waals surface area contributed by atoms with Crippen molar-refractivity contribution < 1.29 is 63.0 Å². The van der Waals surface area contributed by atoms with Gasteiger partial charge in [0, 0.05) is 26.2 Å². The van der Waals surface area contributed by atoms with Crippen LogP contribution in [0, 0.1) is 0 Å². The minimum atomic E-state index is 0. The van der Waals surface area contributed by atoms with Crippen LogP contribution in [0.2, 0.25) is 0 Å². The van der Waals surface area contributed by atoms with Gasteiger partial charge in [-0.1, -0.05) is 13.8 Å². The van der Waals surface area contributed by atoms with Crippen molar-refractivity contribution in [1.29, 1.82) is 0 Å². The van der Waals surface area contributed by atoms with Crippen molar-refractivity contribution in [2.45, 2.75) is 13.8 Å². The Balaban J connectivity index is 0. The minimum Gasteiger partial charge on any atom is -0.520 e. The summed E-state index contributed by atoms with van der Waals surface area (Å²) in [6, 6.07) is 0. The Hall–Kier alpha value is 1.24. The van der Waals surface area contributed by atoms with Crippen LogP contribution < -0.4 is 58.2 Å². The maximum absolute atomic E-state index is 10.0. The topological polar surface area (TPSA) is 23.6 Å². The van der Waals surface area contributed by atoms with E-state index in [4.69, 9.17) is 0 Å². The molecule has 0 atom stereocenters. The van der Waals surface area contributed by atoms with Gasteiger partial charge in [-0.3, -0.25) is 0 Å². The summed E-state index contributed by atoms with van der Waals surface area (Å²) in [7, 11) is 2.06.